The number of nitrogens with one attached hydrogen (secondary N) is 1. The van der Waals surface area contributed by atoms with E-state index in [1.807, 2.05) is 30.9 Å². The van der Waals surface area contributed by atoms with E-state index in [9.17, 15) is 4.79 Å². The van der Waals surface area contributed by atoms with Gasteiger partial charge in [-0.2, -0.15) is 0 Å². The number of pyridine rings is 1. The Morgan fingerprint density at radius 1 is 1.53 bits per heavy atom. The van der Waals surface area contributed by atoms with Crippen LogP contribution in [0.3, 0.4) is 0 Å². The quantitative estimate of drug-likeness (QED) is 0.754. The van der Waals surface area contributed by atoms with Crippen molar-refractivity contribution < 1.29 is 4.79 Å². The Balaban J connectivity index is 2.74. The molecule has 0 saturated heterocycles. The number of anilines is 1. The highest BCUT2D eigenvalue weighted by Gasteiger charge is 2.10. The SMILES string of the molecule is CCNC(=O)CN(CC)c1cc(CN)ccn1. The predicted octanol–water partition coefficient (Wildman–Crippen LogP) is 0.503. The van der Waals surface area contributed by atoms with Crippen molar-refractivity contribution >= 4 is 11.7 Å². The summed E-state index contributed by atoms with van der Waals surface area (Å²) in [6.45, 7) is 6.09. The molecule has 0 unspecified atom stereocenters. The highest BCUT2D eigenvalue weighted by molar-refractivity contribution is 5.80. The standard InChI is InChI=1S/C12H20N4O/c1-3-14-12(17)9-16(4-2)11-7-10(8-13)5-6-15-11/h5-7H,3-4,8-9,13H2,1-2H3,(H,14,17). The van der Waals surface area contributed by atoms with Crippen molar-refractivity contribution in [2.45, 2.75) is 20.4 Å². The van der Waals surface area contributed by atoms with Crippen molar-refractivity contribution in [3.05, 3.63) is 23.9 Å². The summed E-state index contributed by atoms with van der Waals surface area (Å²) in [5.41, 5.74) is 6.60. The monoisotopic (exact) mass is 236 g/mol. The number of carbonyl (C=O) groups excluding carboxylic acids is 1. The Hall–Kier alpha value is -1.62. The minimum absolute atomic E-state index is 0.00861. The molecule has 0 aliphatic carbocycles. The molecule has 5 nitrogen and oxygen atoms in total. The number of hydrogen-bond acceptors (Lipinski definition) is 4. The second kappa shape index (κ2) is 6.85. The molecular weight excluding hydrogens is 216 g/mol. The van der Waals surface area contributed by atoms with Crippen LogP contribution < -0.4 is 16.0 Å². The summed E-state index contributed by atoms with van der Waals surface area (Å²) in [4.78, 5) is 17.7. The summed E-state index contributed by atoms with van der Waals surface area (Å²) < 4.78 is 0. The molecule has 0 radical (unpaired) electrons. The maximum atomic E-state index is 11.5. The van der Waals surface area contributed by atoms with Crippen molar-refractivity contribution in [1.29, 1.82) is 0 Å². The van der Waals surface area contributed by atoms with Crippen molar-refractivity contribution in [3.63, 3.8) is 0 Å². The van der Waals surface area contributed by atoms with Crippen LogP contribution in [0.1, 0.15) is 19.4 Å². The van der Waals surface area contributed by atoms with Crippen molar-refractivity contribution in [3.8, 4) is 0 Å². The van der Waals surface area contributed by atoms with Gasteiger partial charge in [0.25, 0.3) is 0 Å². The molecule has 0 spiro atoms. The summed E-state index contributed by atoms with van der Waals surface area (Å²) >= 11 is 0. The van der Waals surface area contributed by atoms with Gasteiger partial charge in [0.05, 0.1) is 6.54 Å². The summed E-state index contributed by atoms with van der Waals surface area (Å²) in [5, 5.41) is 2.78. The highest BCUT2D eigenvalue weighted by atomic mass is 16.2. The number of amides is 1. The smallest absolute Gasteiger partial charge is 0.239 e. The summed E-state index contributed by atoms with van der Waals surface area (Å²) in [5.74, 6) is 0.802. The molecule has 0 bridgehead atoms. The largest absolute Gasteiger partial charge is 0.355 e. The number of aromatic nitrogens is 1. The van der Waals surface area contributed by atoms with E-state index in [4.69, 9.17) is 5.73 Å². The van der Waals surface area contributed by atoms with Crippen LogP contribution in [0.5, 0.6) is 0 Å². The zero-order valence-electron chi connectivity index (χ0n) is 10.4. The average molecular weight is 236 g/mol. The lowest BCUT2D eigenvalue weighted by atomic mass is 10.2. The zero-order valence-corrected chi connectivity index (χ0v) is 10.4. The van der Waals surface area contributed by atoms with Crippen LogP contribution in [0.15, 0.2) is 18.3 Å². The lowest BCUT2D eigenvalue weighted by molar-refractivity contribution is -0.119. The maximum Gasteiger partial charge on any atom is 0.239 e. The molecular formula is C12H20N4O. The number of nitrogens with zero attached hydrogens (tertiary/aromatic N) is 2. The van der Waals surface area contributed by atoms with Gasteiger partial charge in [-0.15, -0.1) is 0 Å². The van der Waals surface area contributed by atoms with Gasteiger partial charge >= 0.3 is 0 Å². The summed E-state index contributed by atoms with van der Waals surface area (Å²) in [6.07, 6.45) is 1.72. The van der Waals surface area contributed by atoms with Crippen molar-refractivity contribution in [1.82, 2.24) is 10.3 Å². The number of carbonyl (C=O) groups is 1. The third kappa shape index (κ3) is 4.03. The Bertz CT molecular complexity index is 367. The van der Waals surface area contributed by atoms with E-state index < -0.39 is 0 Å². The van der Waals surface area contributed by atoms with Crippen LogP contribution >= 0.6 is 0 Å². The van der Waals surface area contributed by atoms with Gasteiger partial charge in [0.1, 0.15) is 5.82 Å². The zero-order chi connectivity index (χ0) is 12.7. The first-order valence-electron chi connectivity index (χ1n) is 5.87. The topological polar surface area (TPSA) is 71.2 Å². The lowest BCUT2D eigenvalue weighted by Crippen LogP contribution is -2.37. The molecule has 1 aromatic rings. The number of hydrogen-bond donors (Lipinski definition) is 2. The first-order chi connectivity index (χ1) is 8.21. The normalized spacial score (nSPS) is 10.1. The van der Waals surface area contributed by atoms with Gasteiger partial charge in [0, 0.05) is 25.8 Å². The Morgan fingerprint density at radius 2 is 2.29 bits per heavy atom. The molecule has 1 heterocycles. The number of rotatable bonds is 6. The molecule has 5 heteroatoms. The third-order valence-corrected chi connectivity index (χ3v) is 2.46. The van der Waals surface area contributed by atoms with Crippen molar-refractivity contribution in [2.75, 3.05) is 24.5 Å². The van der Waals surface area contributed by atoms with Crippen LogP contribution in [-0.4, -0.2) is 30.5 Å². The molecule has 3 N–H and O–H groups in total. The fourth-order valence-corrected chi connectivity index (χ4v) is 1.54. The van der Waals surface area contributed by atoms with E-state index in [1.54, 1.807) is 6.20 Å². The molecule has 1 amide bonds. The minimum atomic E-state index is 0.00861. The molecule has 17 heavy (non-hydrogen) atoms. The first-order valence-corrected chi connectivity index (χ1v) is 5.87. The molecule has 0 fully saturated rings. The predicted molar refractivity (Wildman–Crippen MR) is 68.7 cm³/mol. The van der Waals surface area contributed by atoms with Gasteiger partial charge in [-0.3, -0.25) is 4.79 Å². The highest BCUT2D eigenvalue weighted by Crippen LogP contribution is 2.11. The number of likely N-dealkylation sites (N-methyl/N-ethyl adjacent to an activating group) is 2. The summed E-state index contributed by atoms with van der Waals surface area (Å²) in [6, 6.07) is 3.80. The Morgan fingerprint density at radius 3 is 2.88 bits per heavy atom. The molecule has 0 aliphatic heterocycles. The molecule has 94 valence electrons. The fourth-order valence-electron chi connectivity index (χ4n) is 1.54. The van der Waals surface area contributed by atoms with E-state index in [-0.39, 0.29) is 5.91 Å². The number of nitrogens with two attached hydrogens (primary N) is 1. The lowest BCUT2D eigenvalue weighted by Gasteiger charge is -2.21. The van der Waals surface area contributed by atoms with Gasteiger partial charge in [-0.1, -0.05) is 0 Å². The van der Waals surface area contributed by atoms with Crippen LogP contribution in [0.2, 0.25) is 0 Å². The van der Waals surface area contributed by atoms with E-state index in [0.29, 0.717) is 19.6 Å². The van der Waals surface area contributed by atoms with Gasteiger partial charge in [-0.05, 0) is 31.5 Å². The average Bonchev–Trinajstić information content (AvgIpc) is 2.36. The van der Waals surface area contributed by atoms with E-state index in [1.165, 1.54) is 0 Å². The van der Waals surface area contributed by atoms with Crippen molar-refractivity contribution in [2.24, 2.45) is 5.73 Å². The Kier molecular flexibility index (Phi) is 5.42. The fraction of sp³-hybridized carbons (Fsp3) is 0.500. The van der Waals surface area contributed by atoms with E-state index in [0.717, 1.165) is 17.9 Å². The molecule has 0 aromatic carbocycles. The molecule has 0 aliphatic rings. The summed E-state index contributed by atoms with van der Waals surface area (Å²) in [7, 11) is 0. The molecule has 1 rings (SSSR count). The minimum Gasteiger partial charge on any atom is -0.355 e. The second-order valence-electron chi connectivity index (χ2n) is 3.69. The van der Waals surface area contributed by atoms with Crippen LogP contribution in [-0.2, 0) is 11.3 Å². The van der Waals surface area contributed by atoms with Gasteiger partial charge in [0.15, 0.2) is 0 Å². The molecule has 1 aromatic heterocycles. The van der Waals surface area contributed by atoms with E-state index in [2.05, 4.69) is 10.3 Å². The maximum absolute atomic E-state index is 11.5. The van der Waals surface area contributed by atoms with Gasteiger partial charge in [0.2, 0.25) is 5.91 Å². The van der Waals surface area contributed by atoms with Crippen LogP contribution in [0.4, 0.5) is 5.82 Å². The molecule has 0 atom stereocenters. The second-order valence-corrected chi connectivity index (χ2v) is 3.69. The Labute approximate surface area is 102 Å². The van der Waals surface area contributed by atoms with Crippen LogP contribution in [0, 0.1) is 0 Å². The molecule has 0 saturated carbocycles. The van der Waals surface area contributed by atoms with Gasteiger partial charge < -0.3 is 16.0 Å². The van der Waals surface area contributed by atoms with Crippen LogP contribution in [0.25, 0.3) is 0 Å². The van der Waals surface area contributed by atoms with Gasteiger partial charge in [-0.25, -0.2) is 4.98 Å². The third-order valence-electron chi connectivity index (χ3n) is 2.46. The van der Waals surface area contributed by atoms with E-state index >= 15 is 0 Å². The first kappa shape index (κ1) is 13.4.